The van der Waals surface area contributed by atoms with E-state index in [4.69, 9.17) is 11.6 Å². The third-order valence-electron chi connectivity index (χ3n) is 3.56. The molecule has 3 rings (SSSR count). The average molecular weight is 289 g/mol. The number of nitrogens with zero attached hydrogens (tertiary/aromatic N) is 4. The zero-order valence-corrected chi connectivity index (χ0v) is 12.2. The molecule has 2 heterocycles. The summed E-state index contributed by atoms with van der Waals surface area (Å²) >= 11 is 6.27. The first-order valence-corrected chi connectivity index (χ1v) is 7.13. The van der Waals surface area contributed by atoms with Crippen LogP contribution in [0.15, 0.2) is 36.5 Å². The molecule has 0 N–H and O–H groups in total. The Hall–Kier alpha value is -1.65. The topological polar surface area (TPSA) is 32.3 Å². The van der Waals surface area contributed by atoms with Crippen molar-refractivity contribution in [3.63, 3.8) is 0 Å². The molecule has 20 heavy (non-hydrogen) atoms. The monoisotopic (exact) mass is 288 g/mol. The van der Waals surface area contributed by atoms with Crippen LogP contribution in [0, 0.1) is 0 Å². The van der Waals surface area contributed by atoms with Gasteiger partial charge in [0.15, 0.2) is 11.6 Å². The molecule has 5 heteroatoms. The van der Waals surface area contributed by atoms with Crippen molar-refractivity contribution in [1.82, 2.24) is 14.9 Å². The van der Waals surface area contributed by atoms with E-state index in [1.165, 1.54) is 0 Å². The zero-order valence-electron chi connectivity index (χ0n) is 11.5. The van der Waals surface area contributed by atoms with Crippen molar-refractivity contribution in [3.05, 3.63) is 41.6 Å². The zero-order chi connectivity index (χ0) is 13.9. The molecule has 1 saturated heterocycles. The summed E-state index contributed by atoms with van der Waals surface area (Å²) in [6, 6.07) is 9.99. The normalized spacial score (nSPS) is 16.4. The van der Waals surface area contributed by atoms with Gasteiger partial charge in [0, 0.05) is 31.7 Å². The van der Waals surface area contributed by atoms with Gasteiger partial charge in [0.05, 0.1) is 6.20 Å². The van der Waals surface area contributed by atoms with E-state index in [-0.39, 0.29) is 0 Å². The van der Waals surface area contributed by atoms with E-state index in [9.17, 15) is 0 Å². The van der Waals surface area contributed by atoms with Crippen molar-refractivity contribution in [2.75, 3.05) is 38.1 Å². The average Bonchev–Trinajstić information content (AvgIpc) is 2.50. The molecule has 0 radical (unpaired) electrons. The molecule has 1 aromatic heterocycles. The second-order valence-corrected chi connectivity index (χ2v) is 5.43. The van der Waals surface area contributed by atoms with E-state index >= 15 is 0 Å². The summed E-state index contributed by atoms with van der Waals surface area (Å²) in [5.41, 5.74) is 1.01. The van der Waals surface area contributed by atoms with E-state index < -0.39 is 0 Å². The Bertz CT molecular complexity index is 580. The Morgan fingerprint density at radius 1 is 1.05 bits per heavy atom. The van der Waals surface area contributed by atoms with Gasteiger partial charge < -0.3 is 9.80 Å². The fraction of sp³-hybridized carbons (Fsp3) is 0.333. The van der Waals surface area contributed by atoms with E-state index in [1.807, 2.05) is 30.3 Å². The minimum atomic E-state index is 0.620. The molecule has 4 nitrogen and oxygen atoms in total. The number of anilines is 1. The lowest BCUT2D eigenvalue weighted by atomic mass is 10.2. The van der Waals surface area contributed by atoms with Gasteiger partial charge in [0.2, 0.25) is 0 Å². The molecular formula is C15H17ClN4. The van der Waals surface area contributed by atoms with Crippen LogP contribution in [0.5, 0.6) is 0 Å². The number of hydrogen-bond acceptors (Lipinski definition) is 4. The molecule has 0 spiro atoms. The summed E-state index contributed by atoms with van der Waals surface area (Å²) in [5, 5.41) is 0.620. The van der Waals surface area contributed by atoms with Crippen molar-refractivity contribution in [1.29, 1.82) is 0 Å². The molecule has 1 aliphatic heterocycles. The smallest absolute Gasteiger partial charge is 0.161 e. The second-order valence-electron chi connectivity index (χ2n) is 5.02. The molecular weight excluding hydrogens is 272 g/mol. The third-order valence-corrected chi connectivity index (χ3v) is 3.83. The Kier molecular flexibility index (Phi) is 3.85. The summed E-state index contributed by atoms with van der Waals surface area (Å²) in [4.78, 5) is 13.5. The van der Waals surface area contributed by atoms with Crippen molar-refractivity contribution in [2.45, 2.75) is 0 Å². The van der Waals surface area contributed by atoms with Gasteiger partial charge in [-0.2, -0.15) is 0 Å². The predicted octanol–water partition coefficient (Wildman–Crippen LogP) is 2.55. The Morgan fingerprint density at radius 3 is 2.45 bits per heavy atom. The lowest BCUT2D eigenvalue weighted by molar-refractivity contribution is 0.312. The number of rotatable bonds is 2. The number of aromatic nitrogens is 2. The Labute approximate surface area is 124 Å². The molecule has 0 aliphatic carbocycles. The van der Waals surface area contributed by atoms with Crippen molar-refractivity contribution >= 4 is 17.4 Å². The minimum Gasteiger partial charge on any atom is -0.353 e. The van der Waals surface area contributed by atoms with Crippen LogP contribution >= 0.6 is 11.6 Å². The first-order valence-electron chi connectivity index (χ1n) is 6.75. The Morgan fingerprint density at radius 2 is 1.75 bits per heavy atom. The standard InChI is InChI=1S/C15H17ClN4/c1-19-7-9-20(10-8-19)15-13(16)11-17-14(18-15)12-5-3-2-4-6-12/h2-6,11H,7-10H2,1H3. The van der Waals surface area contributed by atoms with Gasteiger partial charge in [-0.1, -0.05) is 41.9 Å². The minimum absolute atomic E-state index is 0.620. The van der Waals surface area contributed by atoms with Crippen LogP contribution in [-0.2, 0) is 0 Å². The SMILES string of the molecule is CN1CCN(c2nc(-c3ccccc3)ncc2Cl)CC1. The van der Waals surface area contributed by atoms with Crippen LogP contribution in [0.2, 0.25) is 5.02 Å². The summed E-state index contributed by atoms with van der Waals surface area (Å²) in [7, 11) is 2.13. The van der Waals surface area contributed by atoms with E-state index in [2.05, 4.69) is 26.8 Å². The predicted molar refractivity (Wildman–Crippen MR) is 82.2 cm³/mol. The number of hydrogen-bond donors (Lipinski definition) is 0. The van der Waals surface area contributed by atoms with Gasteiger partial charge in [-0.15, -0.1) is 0 Å². The highest BCUT2D eigenvalue weighted by molar-refractivity contribution is 6.32. The van der Waals surface area contributed by atoms with Crippen LogP contribution in [-0.4, -0.2) is 48.1 Å². The summed E-state index contributed by atoms with van der Waals surface area (Å²) in [5.74, 6) is 1.57. The first-order chi connectivity index (χ1) is 9.74. The Balaban J connectivity index is 1.91. The first kappa shape index (κ1) is 13.3. The fourth-order valence-corrected chi connectivity index (χ4v) is 2.54. The van der Waals surface area contributed by atoms with E-state index in [0.717, 1.165) is 43.4 Å². The van der Waals surface area contributed by atoms with Gasteiger partial charge in [0.25, 0.3) is 0 Å². The van der Waals surface area contributed by atoms with Gasteiger partial charge >= 0.3 is 0 Å². The fourth-order valence-electron chi connectivity index (χ4n) is 2.32. The molecule has 0 unspecified atom stereocenters. The van der Waals surface area contributed by atoms with Crippen LogP contribution < -0.4 is 4.90 Å². The lowest BCUT2D eigenvalue weighted by Crippen LogP contribution is -2.45. The molecule has 0 atom stereocenters. The highest BCUT2D eigenvalue weighted by atomic mass is 35.5. The molecule has 0 saturated carbocycles. The van der Waals surface area contributed by atoms with Crippen LogP contribution in [0.4, 0.5) is 5.82 Å². The quantitative estimate of drug-likeness (QED) is 0.850. The molecule has 0 amide bonds. The molecule has 2 aromatic rings. The van der Waals surface area contributed by atoms with Gasteiger partial charge in [-0.3, -0.25) is 0 Å². The largest absolute Gasteiger partial charge is 0.353 e. The summed E-state index contributed by atoms with van der Waals surface area (Å²) in [6.45, 7) is 3.95. The van der Waals surface area contributed by atoms with E-state index in [1.54, 1.807) is 6.20 Å². The molecule has 1 aromatic carbocycles. The van der Waals surface area contributed by atoms with Crippen LogP contribution in [0.3, 0.4) is 0 Å². The number of benzene rings is 1. The maximum atomic E-state index is 6.27. The van der Waals surface area contributed by atoms with Gasteiger partial charge in [-0.05, 0) is 7.05 Å². The van der Waals surface area contributed by atoms with Crippen molar-refractivity contribution < 1.29 is 0 Å². The lowest BCUT2D eigenvalue weighted by Gasteiger charge is -2.33. The van der Waals surface area contributed by atoms with Crippen LogP contribution in [0.25, 0.3) is 11.4 Å². The summed E-state index contributed by atoms with van der Waals surface area (Å²) < 4.78 is 0. The van der Waals surface area contributed by atoms with Gasteiger partial charge in [-0.25, -0.2) is 9.97 Å². The number of piperazine rings is 1. The molecule has 104 valence electrons. The van der Waals surface area contributed by atoms with E-state index in [0.29, 0.717) is 5.02 Å². The molecule has 0 bridgehead atoms. The van der Waals surface area contributed by atoms with Crippen molar-refractivity contribution in [2.24, 2.45) is 0 Å². The maximum Gasteiger partial charge on any atom is 0.161 e. The molecule has 1 fully saturated rings. The highest BCUT2D eigenvalue weighted by Gasteiger charge is 2.18. The third kappa shape index (κ3) is 2.76. The molecule has 1 aliphatic rings. The highest BCUT2D eigenvalue weighted by Crippen LogP contribution is 2.26. The number of halogens is 1. The van der Waals surface area contributed by atoms with Gasteiger partial charge in [0.1, 0.15) is 5.02 Å². The summed E-state index contributed by atoms with van der Waals surface area (Å²) in [6.07, 6.45) is 1.70. The van der Waals surface area contributed by atoms with Crippen LogP contribution in [0.1, 0.15) is 0 Å². The second kappa shape index (κ2) is 5.77. The number of likely N-dealkylation sites (N-methyl/N-ethyl adjacent to an activating group) is 1. The maximum absolute atomic E-state index is 6.27. The van der Waals surface area contributed by atoms with Crippen molar-refractivity contribution in [3.8, 4) is 11.4 Å².